The van der Waals surface area contributed by atoms with Crippen LogP contribution in [0.25, 0.3) is 0 Å². The number of carbonyl (C=O) groups excluding carboxylic acids is 2. The van der Waals surface area contributed by atoms with Crippen LogP contribution >= 0.6 is 11.8 Å². The van der Waals surface area contributed by atoms with Gasteiger partial charge in [0.15, 0.2) is 0 Å². The molecule has 0 aromatic heterocycles. The van der Waals surface area contributed by atoms with E-state index in [0.29, 0.717) is 12.8 Å². The van der Waals surface area contributed by atoms with Crippen molar-refractivity contribution in [2.45, 2.75) is 42.0 Å². The number of hydrogen-bond donors (Lipinski definition) is 2. The molecule has 0 bridgehead atoms. The highest BCUT2D eigenvalue weighted by Crippen LogP contribution is 2.27. The highest BCUT2D eigenvalue weighted by molar-refractivity contribution is 8.00. The van der Waals surface area contributed by atoms with Crippen LogP contribution in [0.2, 0.25) is 0 Å². The zero-order valence-corrected chi connectivity index (χ0v) is 16.3. The lowest BCUT2D eigenvalue weighted by Gasteiger charge is -2.33. The number of nitrogens with one attached hydrogen (secondary N) is 2. The third-order valence-corrected chi connectivity index (χ3v) is 5.74. The maximum atomic E-state index is 12.7. The molecule has 1 saturated heterocycles. The molecule has 1 fully saturated rings. The molecule has 2 N–H and O–H groups in total. The van der Waals surface area contributed by atoms with Crippen molar-refractivity contribution < 1.29 is 14.3 Å². The van der Waals surface area contributed by atoms with Gasteiger partial charge in [0, 0.05) is 11.3 Å². The van der Waals surface area contributed by atoms with Gasteiger partial charge in [-0.1, -0.05) is 30.3 Å². The van der Waals surface area contributed by atoms with Crippen LogP contribution in [0, 0.1) is 0 Å². The molecule has 3 rings (SSSR count). The Bertz CT molecular complexity index is 780. The summed E-state index contributed by atoms with van der Waals surface area (Å²) in [5.74, 6) is 0.785. The van der Waals surface area contributed by atoms with Gasteiger partial charge in [0.2, 0.25) is 11.8 Å². The van der Waals surface area contributed by atoms with Crippen LogP contribution in [0.4, 0.5) is 0 Å². The summed E-state index contributed by atoms with van der Waals surface area (Å²) in [6.45, 7) is 1.89. The number of amides is 2. The number of methoxy groups -OCH3 is 1. The molecule has 1 aliphatic heterocycles. The molecule has 1 aliphatic rings. The summed E-state index contributed by atoms with van der Waals surface area (Å²) >= 11 is 1.50. The van der Waals surface area contributed by atoms with E-state index in [1.54, 1.807) is 7.11 Å². The van der Waals surface area contributed by atoms with Gasteiger partial charge < -0.3 is 15.4 Å². The van der Waals surface area contributed by atoms with Crippen LogP contribution < -0.4 is 15.4 Å². The van der Waals surface area contributed by atoms with Gasteiger partial charge in [-0.15, -0.1) is 11.8 Å². The first-order valence-corrected chi connectivity index (χ1v) is 9.90. The van der Waals surface area contributed by atoms with E-state index in [4.69, 9.17) is 4.74 Å². The molecular weight excluding hydrogens is 360 g/mol. The number of ether oxygens (including phenoxy) is 1. The van der Waals surface area contributed by atoms with E-state index in [-0.39, 0.29) is 29.1 Å². The summed E-state index contributed by atoms with van der Waals surface area (Å²) in [6, 6.07) is 17.1. The Labute approximate surface area is 163 Å². The Hall–Kier alpha value is -2.47. The lowest BCUT2D eigenvalue weighted by Crippen LogP contribution is -2.51. The van der Waals surface area contributed by atoms with Crippen LogP contribution in [0.3, 0.4) is 0 Å². The zero-order chi connectivity index (χ0) is 19.2. The van der Waals surface area contributed by atoms with Crippen molar-refractivity contribution in [2.24, 2.45) is 0 Å². The van der Waals surface area contributed by atoms with Crippen LogP contribution in [0.5, 0.6) is 5.75 Å². The number of thioether (sulfide) groups is 1. The van der Waals surface area contributed by atoms with Crippen molar-refractivity contribution in [1.82, 2.24) is 10.6 Å². The first-order chi connectivity index (χ1) is 13.1. The van der Waals surface area contributed by atoms with E-state index in [1.165, 1.54) is 11.8 Å². The lowest BCUT2D eigenvalue weighted by atomic mass is 9.92. The average Bonchev–Trinajstić information content (AvgIpc) is 2.70. The van der Waals surface area contributed by atoms with Crippen molar-refractivity contribution in [3.8, 4) is 5.75 Å². The largest absolute Gasteiger partial charge is 0.497 e. The van der Waals surface area contributed by atoms with Crippen molar-refractivity contribution in [2.75, 3.05) is 7.11 Å². The van der Waals surface area contributed by atoms with Crippen LogP contribution in [-0.4, -0.2) is 30.2 Å². The fourth-order valence-electron chi connectivity index (χ4n) is 3.14. The van der Waals surface area contributed by atoms with E-state index < -0.39 is 0 Å². The van der Waals surface area contributed by atoms with Crippen molar-refractivity contribution >= 4 is 23.6 Å². The summed E-state index contributed by atoms with van der Waals surface area (Å²) in [6.07, 6.45) is 1.06. The van der Waals surface area contributed by atoms with Gasteiger partial charge in [-0.25, -0.2) is 0 Å². The van der Waals surface area contributed by atoms with Crippen molar-refractivity contribution in [1.29, 1.82) is 0 Å². The first-order valence-electron chi connectivity index (χ1n) is 9.02. The zero-order valence-electron chi connectivity index (χ0n) is 15.5. The minimum absolute atomic E-state index is 0.0232. The van der Waals surface area contributed by atoms with E-state index in [2.05, 4.69) is 10.6 Å². The Balaban J connectivity index is 1.64. The average molecular weight is 385 g/mol. The minimum Gasteiger partial charge on any atom is -0.497 e. The summed E-state index contributed by atoms with van der Waals surface area (Å²) in [5, 5.41) is 5.90. The molecule has 2 amide bonds. The summed E-state index contributed by atoms with van der Waals surface area (Å²) < 4.78 is 5.16. The van der Waals surface area contributed by atoms with E-state index in [0.717, 1.165) is 16.2 Å². The van der Waals surface area contributed by atoms with Crippen LogP contribution in [-0.2, 0) is 9.59 Å². The molecule has 0 radical (unpaired) electrons. The summed E-state index contributed by atoms with van der Waals surface area (Å²) in [5.41, 5.74) is 1.01. The lowest BCUT2D eigenvalue weighted by molar-refractivity contribution is -0.126. The molecule has 27 heavy (non-hydrogen) atoms. The van der Waals surface area contributed by atoms with E-state index in [1.807, 2.05) is 61.5 Å². The fourth-order valence-corrected chi connectivity index (χ4v) is 4.02. The first kappa shape index (κ1) is 19.3. The van der Waals surface area contributed by atoms with Gasteiger partial charge in [-0.05, 0) is 43.2 Å². The fraction of sp³-hybridized carbons (Fsp3) is 0.333. The second-order valence-corrected chi connectivity index (χ2v) is 7.96. The van der Waals surface area contributed by atoms with Gasteiger partial charge in [0.05, 0.1) is 24.4 Å². The van der Waals surface area contributed by atoms with Gasteiger partial charge in [-0.3, -0.25) is 9.59 Å². The molecule has 3 atom stereocenters. The summed E-state index contributed by atoms with van der Waals surface area (Å²) in [7, 11) is 1.63. The standard InChI is InChI=1S/C21H24N2O3S/c1-14(27-17-10-8-16(26-2)9-11-17)21(25)22-18-12-13-19(24)23-20(18)15-6-4-3-5-7-15/h3-11,14,18,20H,12-13H2,1-2H3,(H,22,25)(H,23,24)/t14-,18+,20-/m1/s1. The van der Waals surface area contributed by atoms with Gasteiger partial charge in [0.1, 0.15) is 5.75 Å². The Kier molecular flexibility index (Phi) is 6.40. The third kappa shape index (κ3) is 5.04. The van der Waals surface area contributed by atoms with Crippen molar-refractivity contribution in [3.63, 3.8) is 0 Å². The van der Waals surface area contributed by atoms with Crippen LogP contribution in [0.1, 0.15) is 31.4 Å². The molecule has 0 unspecified atom stereocenters. The van der Waals surface area contributed by atoms with Crippen LogP contribution in [0.15, 0.2) is 59.5 Å². The molecule has 0 aliphatic carbocycles. The Morgan fingerprint density at radius 2 is 1.89 bits per heavy atom. The number of hydrogen-bond acceptors (Lipinski definition) is 4. The molecule has 0 spiro atoms. The third-order valence-electron chi connectivity index (χ3n) is 4.63. The molecule has 1 heterocycles. The summed E-state index contributed by atoms with van der Waals surface area (Å²) in [4.78, 5) is 25.6. The number of piperidine rings is 1. The van der Waals surface area contributed by atoms with Crippen molar-refractivity contribution in [3.05, 3.63) is 60.2 Å². The topological polar surface area (TPSA) is 67.4 Å². The highest BCUT2D eigenvalue weighted by Gasteiger charge is 2.31. The smallest absolute Gasteiger partial charge is 0.233 e. The minimum atomic E-state index is -0.243. The normalized spacial score (nSPS) is 20.4. The SMILES string of the molecule is COc1ccc(S[C@H](C)C(=O)N[C@H]2CCC(=O)N[C@@H]2c2ccccc2)cc1. The number of benzene rings is 2. The second-order valence-electron chi connectivity index (χ2n) is 6.55. The Morgan fingerprint density at radius 3 is 2.56 bits per heavy atom. The Morgan fingerprint density at radius 1 is 1.19 bits per heavy atom. The highest BCUT2D eigenvalue weighted by atomic mass is 32.2. The molecule has 5 nitrogen and oxygen atoms in total. The number of rotatable bonds is 6. The second kappa shape index (κ2) is 8.95. The van der Waals surface area contributed by atoms with E-state index >= 15 is 0 Å². The predicted octanol–water partition coefficient (Wildman–Crippen LogP) is 3.31. The maximum Gasteiger partial charge on any atom is 0.233 e. The molecule has 6 heteroatoms. The maximum absolute atomic E-state index is 12.7. The van der Waals surface area contributed by atoms with Gasteiger partial charge in [-0.2, -0.15) is 0 Å². The molecular formula is C21H24N2O3S. The van der Waals surface area contributed by atoms with Gasteiger partial charge in [0.25, 0.3) is 0 Å². The predicted molar refractivity (Wildman–Crippen MR) is 107 cm³/mol. The molecule has 2 aromatic carbocycles. The molecule has 0 saturated carbocycles. The molecule has 2 aromatic rings. The monoisotopic (exact) mass is 384 g/mol. The molecule has 142 valence electrons. The van der Waals surface area contributed by atoms with Gasteiger partial charge >= 0.3 is 0 Å². The number of carbonyl (C=O) groups is 2. The van der Waals surface area contributed by atoms with E-state index in [9.17, 15) is 9.59 Å². The quantitative estimate of drug-likeness (QED) is 0.750.